The second-order valence-electron chi connectivity index (χ2n) is 6.49. The third-order valence-corrected chi connectivity index (χ3v) is 5.43. The minimum absolute atomic E-state index is 0.0260. The zero-order valence-corrected chi connectivity index (χ0v) is 16.2. The van der Waals surface area contributed by atoms with E-state index in [1.54, 1.807) is 6.20 Å². The van der Waals surface area contributed by atoms with Crippen LogP contribution in [0.5, 0.6) is 0 Å². The van der Waals surface area contributed by atoms with Gasteiger partial charge in [-0.15, -0.1) is 11.3 Å². The number of anilines is 2. The van der Waals surface area contributed by atoms with Crippen LogP contribution in [-0.2, 0) is 4.79 Å². The molecule has 0 radical (unpaired) electrons. The van der Waals surface area contributed by atoms with E-state index in [0.29, 0.717) is 10.6 Å². The fraction of sp³-hybridized carbons (Fsp3) is 0.0952. The molecule has 0 unspecified atom stereocenters. The minimum atomic E-state index is -0.492. The Bertz CT molecular complexity index is 1150. The number of aromatic nitrogens is 2. The molecular weight excluding hydrogens is 386 g/mol. The monoisotopic (exact) mass is 405 g/mol. The van der Waals surface area contributed by atoms with Gasteiger partial charge in [0.25, 0.3) is 5.91 Å². The second kappa shape index (κ2) is 8.15. The maximum Gasteiger partial charge on any atom is 0.263 e. The molecule has 0 bridgehead atoms. The van der Waals surface area contributed by atoms with Gasteiger partial charge in [0.1, 0.15) is 10.5 Å². The number of carbonyl (C=O) groups excluding carboxylic acids is 2. The number of pyridine rings is 1. The molecule has 8 heteroatoms. The number of amides is 2. The molecule has 0 aliphatic heterocycles. The number of hydrogen-bond donors (Lipinski definition) is 4. The highest BCUT2D eigenvalue weighted by molar-refractivity contribution is 7.12. The first-order chi connectivity index (χ1) is 14.1. The van der Waals surface area contributed by atoms with Crippen LogP contribution in [0, 0.1) is 0 Å². The lowest BCUT2D eigenvalue weighted by Crippen LogP contribution is -2.31. The van der Waals surface area contributed by atoms with Gasteiger partial charge in [-0.25, -0.2) is 4.98 Å². The van der Waals surface area contributed by atoms with Crippen LogP contribution in [0.3, 0.4) is 0 Å². The van der Waals surface area contributed by atoms with E-state index in [1.165, 1.54) is 11.3 Å². The van der Waals surface area contributed by atoms with Crippen molar-refractivity contribution in [2.45, 2.75) is 12.5 Å². The summed E-state index contributed by atoms with van der Waals surface area (Å²) in [4.78, 5) is 32.4. The molecule has 0 aliphatic rings. The molecule has 1 aromatic carbocycles. The molecule has 5 N–H and O–H groups in total. The molecule has 0 saturated heterocycles. The number of nitrogens with two attached hydrogens (primary N) is 1. The van der Waals surface area contributed by atoms with Crippen molar-refractivity contribution in [1.29, 1.82) is 0 Å². The number of benzene rings is 1. The van der Waals surface area contributed by atoms with Gasteiger partial charge in [0.15, 0.2) is 0 Å². The number of carbonyl (C=O) groups is 2. The van der Waals surface area contributed by atoms with Gasteiger partial charge in [-0.3, -0.25) is 9.59 Å². The third-order valence-electron chi connectivity index (χ3n) is 4.51. The van der Waals surface area contributed by atoms with Crippen LogP contribution in [0.15, 0.2) is 66.3 Å². The summed E-state index contributed by atoms with van der Waals surface area (Å²) in [5.41, 5.74) is 8.52. The largest absolute Gasteiger partial charge is 0.370 e. The molecule has 0 saturated carbocycles. The van der Waals surface area contributed by atoms with Crippen molar-refractivity contribution in [3.05, 3.63) is 76.7 Å². The topological polar surface area (TPSA) is 113 Å². The molecule has 0 fully saturated rings. The summed E-state index contributed by atoms with van der Waals surface area (Å²) in [6, 6.07) is 14.5. The van der Waals surface area contributed by atoms with E-state index in [1.807, 2.05) is 60.1 Å². The number of primary amides is 1. The fourth-order valence-corrected chi connectivity index (χ4v) is 3.91. The summed E-state index contributed by atoms with van der Waals surface area (Å²) >= 11 is 1.33. The van der Waals surface area contributed by atoms with Gasteiger partial charge in [-0.2, -0.15) is 0 Å². The van der Waals surface area contributed by atoms with Crippen LogP contribution in [0.4, 0.5) is 11.4 Å². The lowest BCUT2D eigenvalue weighted by Gasteiger charge is -2.18. The van der Waals surface area contributed by atoms with Gasteiger partial charge in [-0.1, -0.05) is 30.3 Å². The SMILES string of the molecule is NC(=O)C[C@@H](NC(=O)c1sccc1Nc1ccnc2[nH]ccc12)c1ccccc1. The van der Waals surface area contributed by atoms with Crippen LogP contribution >= 0.6 is 11.3 Å². The van der Waals surface area contributed by atoms with Crippen LogP contribution in [0.1, 0.15) is 27.7 Å². The maximum absolute atomic E-state index is 13.0. The van der Waals surface area contributed by atoms with Crippen molar-refractivity contribution in [1.82, 2.24) is 15.3 Å². The third kappa shape index (κ3) is 4.12. The number of aromatic amines is 1. The molecule has 29 heavy (non-hydrogen) atoms. The van der Waals surface area contributed by atoms with E-state index >= 15 is 0 Å². The number of H-pyrrole nitrogens is 1. The van der Waals surface area contributed by atoms with Crippen LogP contribution in [-0.4, -0.2) is 21.8 Å². The average Bonchev–Trinajstić information content (AvgIpc) is 3.37. The number of hydrogen-bond acceptors (Lipinski definition) is 5. The highest BCUT2D eigenvalue weighted by atomic mass is 32.1. The standard InChI is InChI=1S/C21H19N5O2S/c22-18(27)12-17(13-4-2-1-3-5-13)26-21(28)19-16(8-11-29-19)25-15-7-10-24-20-14(15)6-9-23-20/h1-11,17H,12H2,(H2,22,27)(H,26,28)(H2,23,24,25)/t17-/m1/s1. The highest BCUT2D eigenvalue weighted by Gasteiger charge is 2.21. The predicted octanol–water partition coefficient (Wildman–Crippen LogP) is 3.71. The molecule has 1 atom stereocenters. The van der Waals surface area contributed by atoms with Crippen molar-refractivity contribution in [2.75, 3.05) is 5.32 Å². The molecule has 0 aliphatic carbocycles. The number of nitrogens with zero attached hydrogens (tertiary/aromatic N) is 1. The maximum atomic E-state index is 13.0. The summed E-state index contributed by atoms with van der Waals surface area (Å²) in [6.07, 6.45) is 3.54. The Balaban J connectivity index is 1.57. The summed E-state index contributed by atoms with van der Waals surface area (Å²) in [5.74, 6) is -0.743. The lowest BCUT2D eigenvalue weighted by molar-refractivity contribution is -0.118. The van der Waals surface area contributed by atoms with Crippen molar-refractivity contribution in [3.63, 3.8) is 0 Å². The minimum Gasteiger partial charge on any atom is -0.370 e. The van der Waals surface area contributed by atoms with Gasteiger partial charge in [-0.05, 0) is 29.1 Å². The van der Waals surface area contributed by atoms with E-state index in [4.69, 9.17) is 5.73 Å². The second-order valence-corrected chi connectivity index (χ2v) is 7.41. The molecule has 3 heterocycles. The Kier molecular flexibility index (Phi) is 5.26. The normalized spacial score (nSPS) is 11.9. The Hall–Kier alpha value is -3.65. The number of thiophene rings is 1. The first-order valence-electron chi connectivity index (χ1n) is 9.02. The van der Waals surface area contributed by atoms with Crippen molar-refractivity contribution < 1.29 is 9.59 Å². The van der Waals surface area contributed by atoms with Crippen LogP contribution in [0.2, 0.25) is 0 Å². The van der Waals surface area contributed by atoms with E-state index < -0.39 is 11.9 Å². The first-order valence-corrected chi connectivity index (χ1v) is 9.90. The molecule has 0 spiro atoms. The average molecular weight is 405 g/mol. The molecule has 7 nitrogen and oxygen atoms in total. The smallest absolute Gasteiger partial charge is 0.263 e. The van der Waals surface area contributed by atoms with Crippen molar-refractivity contribution >= 4 is 45.6 Å². The zero-order chi connectivity index (χ0) is 20.2. The van der Waals surface area contributed by atoms with Gasteiger partial charge in [0, 0.05) is 17.8 Å². The molecule has 3 aromatic heterocycles. The Labute approximate surface area is 171 Å². The van der Waals surface area contributed by atoms with E-state index in [0.717, 1.165) is 22.3 Å². The fourth-order valence-electron chi connectivity index (χ4n) is 3.16. The number of rotatable bonds is 7. The van der Waals surface area contributed by atoms with E-state index in [9.17, 15) is 9.59 Å². The van der Waals surface area contributed by atoms with Crippen molar-refractivity contribution in [3.8, 4) is 0 Å². The summed E-state index contributed by atoms with van der Waals surface area (Å²) in [7, 11) is 0. The van der Waals surface area contributed by atoms with Gasteiger partial charge in [0.05, 0.1) is 23.8 Å². The zero-order valence-electron chi connectivity index (χ0n) is 15.4. The summed E-state index contributed by atoms with van der Waals surface area (Å²) < 4.78 is 0. The quantitative estimate of drug-likeness (QED) is 0.375. The summed E-state index contributed by atoms with van der Waals surface area (Å²) in [5, 5.41) is 9.03. The van der Waals surface area contributed by atoms with Gasteiger partial charge >= 0.3 is 0 Å². The molecule has 146 valence electrons. The molecular formula is C21H19N5O2S. The Morgan fingerprint density at radius 2 is 1.93 bits per heavy atom. The number of nitrogens with one attached hydrogen (secondary N) is 3. The molecule has 2 amide bonds. The number of fused-ring (bicyclic) bond motifs is 1. The van der Waals surface area contributed by atoms with Crippen LogP contribution in [0.25, 0.3) is 11.0 Å². The van der Waals surface area contributed by atoms with Crippen LogP contribution < -0.4 is 16.4 Å². The Morgan fingerprint density at radius 1 is 1.10 bits per heavy atom. The molecule has 4 aromatic rings. The van der Waals surface area contributed by atoms with Crippen molar-refractivity contribution in [2.24, 2.45) is 5.73 Å². The van der Waals surface area contributed by atoms with Gasteiger partial charge < -0.3 is 21.4 Å². The van der Waals surface area contributed by atoms with Gasteiger partial charge in [0.2, 0.25) is 5.91 Å². The Morgan fingerprint density at radius 3 is 2.72 bits per heavy atom. The van der Waals surface area contributed by atoms with E-state index in [-0.39, 0.29) is 12.3 Å². The predicted molar refractivity (Wildman–Crippen MR) is 114 cm³/mol. The first kappa shape index (κ1) is 18.7. The molecule has 4 rings (SSSR count). The summed E-state index contributed by atoms with van der Waals surface area (Å²) in [6.45, 7) is 0. The highest BCUT2D eigenvalue weighted by Crippen LogP contribution is 2.30. The lowest BCUT2D eigenvalue weighted by atomic mass is 10.0. The van der Waals surface area contributed by atoms with E-state index in [2.05, 4.69) is 20.6 Å².